The molecule has 1 atom stereocenters. The lowest BCUT2D eigenvalue weighted by Gasteiger charge is -2.16. The molecule has 2 aliphatic rings. The molecule has 1 aromatic carbocycles. The zero-order chi connectivity index (χ0) is 11.2. The van der Waals surface area contributed by atoms with Crippen molar-refractivity contribution >= 4 is 11.6 Å². The molecule has 0 radical (unpaired) electrons. The van der Waals surface area contributed by atoms with E-state index >= 15 is 0 Å². The molecule has 1 aliphatic carbocycles. The van der Waals surface area contributed by atoms with Gasteiger partial charge in [-0.25, -0.2) is 0 Å². The third kappa shape index (κ3) is 1.66. The Kier molecular flexibility index (Phi) is 1.96. The van der Waals surface area contributed by atoms with Gasteiger partial charge in [0.25, 0.3) is 0 Å². The molecule has 1 aliphatic heterocycles. The van der Waals surface area contributed by atoms with Crippen LogP contribution in [0.2, 0.25) is 0 Å². The summed E-state index contributed by atoms with van der Waals surface area (Å²) in [4.78, 5) is 12.0. The third-order valence-electron chi connectivity index (χ3n) is 3.51. The quantitative estimate of drug-likeness (QED) is 0.790. The van der Waals surface area contributed by atoms with Crippen LogP contribution >= 0.6 is 0 Å². The van der Waals surface area contributed by atoms with Gasteiger partial charge in [0.15, 0.2) is 0 Å². The lowest BCUT2D eigenvalue weighted by molar-refractivity contribution is -0.122. The van der Waals surface area contributed by atoms with Gasteiger partial charge in [-0.1, -0.05) is 18.2 Å². The number of hydrogen-bond donors (Lipinski definition) is 2. The SMILES string of the molecule is CC1(NC(=O)[C@@H]2Cc3ccccc3N2)CC1. The van der Waals surface area contributed by atoms with Gasteiger partial charge in [-0.2, -0.15) is 0 Å². The molecule has 1 amide bonds. The van der Waals surface area contributed by atoms with Gasteiger partial charge in [-0.3, -0.25) is 4.79 Å². The molecule has 0 unspecified atom stereocenters. The van der Waals surface area contributed by atoms with Crippen molar-refractivity contribution in [1.82, 2.24) is 5.32 Å². The number of para-hydroxylation sites is 1. The van der Waals surface area contributed by atoms with Crippen molar-refractivity contribution in [3.05, 3.63) is 29.8 Å². The van der Waals surface area contributed by atoms with E-state index in [1.54, 1.807) is 0 Å². The fourth-order valence-corrected chi connectivity index (χ4v) is 2.15. The fourth-order valence-electron chi connectivity index (χ4n) is 2.15. The number of rotatable bonds is 2. The minimum Gasteiger partial charge on any atom is -0.373 e. The zero-order valence-electron chi connectivity index (χ0n) is 9.42. The third-order valence-corrected chi connectivity index (χ3v) is 3.51. The Morgan fingerprint density at radius 2 is 2.19 bits per heavy atom. The number of hydrogen-bond acceptors (Lipinski definition) is 2. The summed E-state index contributed by atoms with van der Waals surface area (Å²) in [5.74, 6) is 0.135. The molecule has 16 heavy (non-hydrogen) atoms. The van der Waals surface area contributed by atoms with Crippen LogP contribution in [0.25, 0.3) is 0 Å². The summed E-state index contributed by atoms with van der Waals surface area (Å²) < 4.78 is 0. The van der Waals surface area contributed by atoms with Crippen molar-refractivity contribution in [3.63, 3.8) is 0 Å². The Morgan fingerprint density at radius 1 is 1.44 bits per heavy atom. The molecule has 3 heteroatoms. The van der Waals surface area contributed by atoms with E-state index in [2.05, 4.69) is 23.6 Å². The Morgan fingerprint density at radius 3 is 2.88 bits per heavy atom. The average Bonchev–Trinajstić information content (AvgIpc) is 2.82. The molecule has 2 N–H and O–H groups in total. The van der Waals surface area contributed by atoms with Gasteiger partial charge in [-0.05, 0) is 31.4 Å². The van der Waals surface area contributed by atoms with Crippen LogP contribution in [0, 0.1) is 0 Å². The first-order valence-corrected chi connectivity index (χ1v) is 5.83. The largest absolute Gasteiger partial charge is 0.373 e. The van der Waals surface area contributed by atoms with E-state index in [-0.39, 0.29) is 17.5 Å². The second kappa shape index (κ2) is 3.24. The Labute approximate surface area is 95.2 Å². The predicted octanol–water partition coefficient (Wildman–Crippen LogP) is 1.69. The van der Waals surface area contributed by atoms with E-state index in [0.29, 0.717) is 0 Å². The van der Waals surface area contributed by atoms with E-state index < -0.39 is 0 Å². The molecule has 1 fully saturated rings. The van der Waals surface area contributed by atoms with Gasteiger partial charge in [0.1, 0.15) is 6.04 Å². The minimum atomic E-state index is -0.0881. The monoisotopic (exact) mass is 216 g/mol. The number of carbonyl (C=O) groups is 1. The molecule has 0 spiro atoms. The van der Waals surface area contributed by atoms with Crippen LogP contribution in [-0.2, 0) is 11.2 Å². The Balaban J connectivity index is 1.69. The topological polar surface area (TPSA) is 41.1 Å². The Hall–Kier alpha value is -1.51. The van der Waals surface area contributed by atoms with Crippen molar-refractivity contribution in [2.75, 3.05) is 5.32 Å². The lowest BCUT2D eigenvalue weighted by atomic mass is 10.1. The van der Waals surface area contributed by atoms with Crippen LogP contribution < -0.4 is 10.6 Å². The molecule has 3 nitrogen and oxygen atoms in total. The summed E-state index contributed by atoms with van der Waals surface area (Å²) >= 11 is 0. The van der Waals surface area contributed by atoms with Crippen LogP contribution in [0.15, 0.2) is 24.3 Å². The van der Waals surface area contributed by atoms with E-state index in [9.17, 15) is 4.79 Å². The number of carbonyl (C=O) groups excluding carboxylic acids is 1. The molecular formula is C13H16N2O. The second-order valence-corrected chi connectivity index (χ2v) is 5.11. The van der Waals surface area contributed by atoms with E-state index in [1.807, 2.05) is 18.2 Å². The van der Waals surface area contributed by atoms with Crippen molar-refractivity contribution in [2.45, 2.75) is 37.8 Å². The van der Waals surface area contributed by atoms with Gasteiger partial charge in [0, 0.05) is 17.6 Å². The molecule has 1 aromatic rings. The van der Waals surface area contributed by atoms with Crippen molar-refractivity contribution in [1.29, 1.82) is 0 Å². The summed E-state index contributed by atoms with van der Waals surface area (Å²) in [6.45, 7) is 2.10. The minimum absolute atomic E-state index is 0.0769. The second-order valence-electron chi connectivity index (χ2n) is 5.11. The maximum absolute atomic E-state index is 12.0. The normalized spacial score (nSPS) is 24.4. The van der Waals surface area contributed by atoms with Crippen LogP contribution in [0.4, 0.5) is 5.69 Å². The number of amides is 1. The first kappa shape index (κ1) is 9.70. The van der Waals surface area contributed by atoms with Crippen LogP contribution in [0.1, 0.15) is 25.3 Å². The highest BCUT2D eigenvalue weighted by molar-refractivity contribution is 5.88. The maximum atomic E-state index is 12.0. The van der Waals surface area contributed by atoms with Gasteiger partial charge in [-0.15, -0.1) is 0 Å². The van der Waals surface area contributed by atoms with E-state index in [1.165, 1.54) is 5.56 Å². The molecule has 1 heterocycles. The molecule has 3 rings (SSSR count). The molecule has 84 valence electrons. The highest BCUT2D eigenvalue weighted by Gasteiger charge is 2.40. The maximum Gasteiger partial charge on any atom is 0.243 e. The van der Waals surface area contributed by atoms with E-state index in [0.717, 1.165) is 24.9 Å². The molecule has 0 bridgehead atoms. The van der Waals surface area contributed by atoms with Gasteiger partial charge >= 0.3 is 0 Å². The Bertz CT molecular complexity index is 412. The van der Waals surface area contributed by atoms with Crippen molar-refractivity contribution in [2.24, 2.45) is 0 Å². The summed E-state index contributed by atoms with van der Waals surface area (Å²) in [5.41, 5.74) is 2.42. The van der Waals surface area contributed by atoms with Crippen molar-refractivity contribution in [3.8, 4) is 0 Å². The van der Waals surface area contributed by atoms with E-state index in [4.69, 9.17) is 0 Å². The first-order valence-electron chi connectivity index (χ1n) is 5.83. The molecule has 0 aromatic heterocycles. The summed E-state index contributed by atoms with van der Waals surface area (Å²) in [6.07, 6.45) is 3.02. The molecule has 0 saturated heterocycles. The molecular weight excluding hydrogens is 200 g/mol. The first-order chi connectivity index (χ1) is 7.66. The lowest BCUT2D eigenvalue weighted by Crippen LogP contribution is -2.44. The highest BCUT2D eigenvalue weighted by atomic mass is 16.2. The number of nitrogens with one attached hydrogen (secondary N) is 2. The van der Waals surface area contributed by atoms with Gasteiger partial charge in [0.05, 0.1) is 0 Å². The summed E-state index contributed by atoms with van der Waals surface area (Å²) in [6, 6.07) is 8.03. The number of anilines is 1. The zero-order valence-corrected chi connectivity index (χ0v) is 9.42. The predicted molar refractivity (Wildman–Crippen MR) is 63.3 cm³/mol. The van der Waals surface area contributed by atoms with Crippen LogP contribution in [0.5, 0.6) is 0 Å². The summed E-state index contributed by atoms with van der Waals surface area (Å²) in [5, 5.41) is 6.38. The standard InChI is InChI=1S/C13H16N2O/c1-13(6-7-13)15-12(16)11-8-9-4-2-3-5-10(9)14-11/h2-5,11,14H,6-8H2,1H3,(H,15,16)/t11-/m0/s1. The number of benzene rings is 1. The fraction of sp³-hybridized carbons (Fsp3) is 0.462. The summed E-state index contributed by atoms with van der Waals surface area (Å²) in [7, 11) is 0. The average molecular weight is 216 g/mol. The smallest absolute Gasteiger partial charge is 0.243 e. The van der Waals surface area contributed by atoms with Gasteiger partial charge < -0.3 is 10.6 Å². The van der Waals surface area contributed by atoms with Crippen LogP contribution in [0.3, 0.4) is 0 Å². The van der Waals surface area contributed by atoms with Crippen molar-refractivity contribution < 1.29 is 4.79 Å². The highest BCUT2D eigenvalue weighted by Crippen LogP contribution is 2.35. The molecule has 1 saturated carbocycles. The van der Waals surface area contributed by atoms with Crippen LogP contribution in [-0.4, -0.2) is 17.5 Å². The van der Waals surface area contributed by atoms with Gasteiger partial charge in [0.2, 0.25) is 5.91 Å². The number of fused-ring (bicyclic) bond motifs is 1.